The molecular formula is C23H26N4O3. The second kappa shape index (κ2) is 8.90. The van der Waals surface area contributed by atoms with Crippen LogP contribution >= 0.6 is 0 Å². The Balaban J connectivity index is 1.28. The smallest absolute Gasteiger partial charge is 0.227 e. The fourth-order valence-corrected chi connectivity index (χ4v) is 3.46. The van der Waals surface area contributed by atoms with E-state index in [1.54, 1.807) is 4.68 Å². The number of hydrogen-bond donors (Lipinski definition) is 2. The first-order valence-electron chi connectivity index (χ1n) is 10.2. The number of ether oxygens (including phenoxy) is 2. The molecule has 0 bridgehead atoms. The van der Waals surface area contributed by atoms with E-state index in [0.29, 0.717) is 31.3 Å². The number of nitrogen functional groups attached to an aromatic ring is 1. The first-order chi connectivity index (χ1) is 14.6. The summed E-state index contributed by atoms with van der Waals surface area (Å²) in [5, 5.41) is 7.58. The average Bonchev–Trinajstić information content (AvgIpc) is 3.16. The molecule has 3 N–H and O–H groups in total. The molecule has 4 rings (SSSR count). The fraction of sp³-hybridized carbons (Fsp3) is 0.304. The normalized spacial score (nSPS) is 13.6. The van der Waals surface area contributed by atoms with E-state index in [1.165, 1.54) is 0 Å². The van der Waals surface area contributed by atoms with Gasteiger partial charge in [0.15, 0.2) is 11.5 Å². The van der Waals surface area contributed by atoms with Crippen LogP contribution < -0.4 is 20.5 Å². The summed E-state index contributed by atoms with van der Waals surface area (Å²) >= 11 is 0. The highest BCUT2D eigenvalue weighted by atomic mass is 16.6. The molecule has 1 amide bonds. The summed E-state index contributed by atoms with van der Waals surface area (Å²) in [6.07, 6.45) is 1.52. The highest BCUT2D eigenvalue weighted by Gasteiger charge is 2.19. The maximum atomic E-state index is 12.5. The third-order valence-corrected chi connectivity index (χ3v) is 5.16. The molecule has 1 aliphatic heterocycles. The van der Waals surface area contributed by atoms with Crippen molar-refractivity contribution in [2.75, 3.05) is 25.5 Å². The topological polar surface area (TPSA) is 91.4 Å². The van der Waals surface area contributed by atoms with E-state index in [0.717, 1.165) is 35.5 Å². The zero-order valence-corrected chi connectivity index (χ0v) is 17.0. The molecule has 3 aromatic rings. The van der Waals surface area contributed by atoms with Gasteiger partial charge in [0.1, 0.15) is 19.0 Å². The van der Waals surface area contributed by atoms with Crippen molar-refractivity contribution in [2.45, 2.75) is 25.7 Å². The second-order valence-corrected chi connectivity index (χ2v) is 7.33. The lowest BCUT2D eigenvalue weighted by Gasteiger charge is -2.20. The maximum Gasteiger partial charge on any atom is 0.227 e. The molecule has 7 heteroatoms. The minimum Gasteiger partial charge on any atom is -0.486 e. The molecule has 2 heterocycles. The van der Waals surface area contributed by atoms with Crippen LogP contribution in [0.4, 0.5) is 5.82 Å². The Bertz CT molecular complexity index is 1020. The molecule has 0 fully saturated rings. The van der Waals surface area contributed by atoms with Crippen molar-refractivity contribution in [1.82, 2.24) is 15.1 Å². The van der Waals surface area contributed by atoms with Gasteiger partial charge in [-0.1, -0.05) is 24.3 Å². The van der Waals surface area contributed by atoms with Gasteiger partial charge >= 0.3 is 0 Å². The van der Waals surface area contributed by atoms with Gasteiger partial charge in [0.25, 0.3) is 0 Å². The van der Waals surface area contributed by atoms with Crippen molar-refractivity contribution < 1.29 is 14.3 Å². The molecule has 0 spiro atoms. The number of anilines is 1. The minimum atomic E-state index is -0.270. The van der Waals surface area contributed by atoms with Crippen LogP contribution in [-0.4, -0.2) is 35.4 Å². The Kier molecular flexibility index (Phi) is 5.88. The van der Waals surface area contributed by atoms with Gasteiger partial charge in [-0.2, -0.15) is 5.10 Å². The van der Waals surface area contributed by atoms with Gasteiger partial charge in [0, 0.05) is 12.6 Å². The third-order valence-electron chi connectivity index (χ3n) is 5.16. The monoisotopic (exact) mass is 406 g/mol. The van der Waals surface area contributed by atoms with Gasteiger partial charge in [0.2, 0.25) is 5.91 Å². The number of rotatable bonds is 7. The van der Waals surface area contributed by atoms with E-state index >= 15 is 0 Å². The summed E-state index contributed by atoms with van der Waals surface area (Å²) in [7, 11) is 0. The lowest BCUT2D eigenvalue weighted by molar-refractivity contribution is -0.122. The Labute approximate surface area is 175 Å². The number of amides is 1. The van der Waals surface area contributed by atoms with Gasteiger partial charge in [-0.15, -0.1) is 0 Å². The van der Waals surface area contributed by atoms with Crippen LogP contribution in [0.5, 0.6) is 11.5 Å². The van der Waals surface area contributed by atoms with E-state index in [9.17, 15) is 4.79 Å². The fourth-order valence-electron chi connectivity index (χ4n) is 3.46. The zero-order chi connectivity index (χ0) is 20.9. The molecule has 1 atom stereocenters. The number of hydrogen-bond acceptors (Lipinski definition) is 5. The number of carbonyl (C=O) groups is 1. The zero-order valence-electron chi connectivity index (χ0n) is 17.0. The molecule has 7 nitrogen and oxygen atoms in total. The predicted octanol–water partition coefficient (Wildman–Crippen LogP) is 3.08. The molecule has 0 radical (unpaired) electrons. The first kappa shape index (κ1) is 19.8. The van der Waals surface area contributed by atoms with Crippen LogP contribution in [0.3, 0.4) is 0 Å². The standard InChI is InChI=1S/C23H26N4O3/c1-16(17-9-10-20-21(14-17)30-13-12-29-20)23(28)25-11-5-6-18-15-22(24)27(26-18)19-7-3-2-4-8-19/h2-4,7-10,14-16H,5-6,11-13,24H2,1H3,(H,25,28). The van der Waals surface area contributed by atoms with E-state index in [4.69, 9.17) is 15.2 Å². The summed E-state index contributed by atoms with van der Waals surface area (Å²) in [5.74, 6) is 1.75. The molecule has 0 saturated carbocycles. The number of para-hydroxylation sites is 1. The van der Waals surface area contributed by atoms with Crippen molar-refractivity contribution in [1.29, 1.82) is 0 Å². The van der Waals surface area contributed by atoms with E-state index in [2.05, 4.69) is 10.4 Å². The highest BCUT2D eigenvalue weighted by Crippen LogP contribution is 2.33. The summed E-state index contributed by atoms with van der Waals surface area (Å²) < 4.78 is 12.9. The number of aromatic nitrogens is 2. The summed E-state index contributed by atoms with van der Waals surface area (Å²) in [5.41, 5.74) is 8.84. The average molecular weight is 406 g/mol. The number of nitrogens with one attached hydrogen (secondary N) is 1. The Morgan fingerprint density at radius 2 is 1.90 bits per heavy atom. The molecule has 1 aromatic heterocycles. The van der Waals surface area contributed by atoms with Crippen molar-refractivity contribution in [3.05, 3.63) is 65.9 Å². The van der Waals surface area contributed by atoms with Gasteiger partial charge in [-0.3, -0.25) is 4.79 Å². The van der Waals surface area contributed by atoms with Crippen LogP contribution in [0.15, 0.2) is 54.6 Å². The third kappa shape index (κ3) is 4.40. The van der Waals surface area contributed by atoms with Gasteiger partial charge in [-0.05, 0) is 49.6 Å². The number of nitrogens with two attached hydrogens (primary N) is 1. The Morgan fingerprint density at radius 3 is 2.70 bits per heavy atom. The summed E-state index contributed by atoms with van der Waals surface area (Å²) in [6, 6.07) is 17.3. The number of nitrogens with zero attached hydrogens (tertiary/aromatic N) is 2. The second-order valence-electron chi connectivity index (χ2n) is 7.33. The molecule has 1 aliphatic rings. The number of aryl methyl sites for hydroxylation is 1. The lowest BCUT2D eigenvalue weighted by Crippen LogP contribution is -2.29. The molecule has 0 saturated heterocycles. The van der Waals surface area contributed by atoms with Crippen LogP contribution in [0.25, 0.3) is 5.69 Å². The minimum absolute atomic E-state index is 0.0130. The molecule has 1 unspecified atom stereocenters. The highest BCUT2D eigenvalue weighted by molar-refractivity contribution is 5.83. The summed E-state index contributed by atoms with van der Waals surface area (Å²) in [6.45, 7) is 3.55. The van der Waals surface area contributed by atoms with Crippen LogP contribution in [-0.2, 0) is 11.2 Å². The van der Waals surface area contributed by atoms with E-state index in [-0.39, 0.29) is 11.8 Å². The number of benzene rings is 2. The van der Waals surface area contributed by atoms with Crippen molar-refractivity contribution in [3.8, 4) is 17.2 Å². The molecular weight excluding hydrogens is 380 g/mol. The summed E-state index contributed by atoms with van der Waals surface area (Å²) in [4.78, 5) is 12.5. The molecule has 156 valence electrons. The van der Waals surface area contributed by atoms with Crippen LogP contribution in [0.2, 0.25) is 0 Å². The van der Waals surface area contributed by atoms with E-state index < -0.39 is 0 Å². The van der Waals surface area contributed by atoms with Crippen LogP contribution in [0.1, 0.15) is 30.5 Å². The lowest BCUT2D eigenvalue weighted by atomic mass is 9.99. The predicted molar refractivity (Wildman–Crippen MR) is 115 cm³/mol. The van der Waals surface area contributed by atoms with Crippen LogP contribution in [0, 0.1) is 0 Å². The molecule has 30 heavy (non-hydrogen) atoms. The number of carbonyl (C=O) groups excluding carboxylic acids is 1. The van der Waals surface area contributed by atoms with Gasteiger partial charge < -0.3 is 20.5 Å². The van der Waals surface area contributed by atoms with E-state index in [1.807, 2.05) is 61.5 Å². The quantitative estimate of drug-likeness (QED) is 0.589. The Hall–Kier alpha value is -3.48. The van der Waals surface area contributed by atoms with Crippen molar-refractivity contribution in [3.63, 3.8) is 0 Å². The number of fused-ring (bicyclic) bond motifs is 1. The largest absolute Gasteiger partial charge is 0.486 e. The SMILES string of the molecule is CC(C(=O)NCCCc1cc(N)n(-c2ccccc2)n1)c1ccc2c(c1)OCCO2. The van der Waals surface area contributed by atoms with Crippen molar-refractivity contribution in [2.24, 2.45) is 0 Å². The maximum absolute atomic E-state index is 12.5. The Morgan fingerprint density at radius 1 is 1.13 bits per heavy atom. The van der Waals surface area contributed by atoms with Crippen molar-refractivity contribution >= 4 is 11.7 Å². The van der Waals surface area contributed by atoms with Gasteiger partial charge in [0.05, 0.1) is 17.3 Å². The van der Waals surface area contributed by atoms with Gasteiger partial charge in [-0.25, -0.2) is 4.68 Å². The molecule has 0 aliphatic carbocycles. The first-order valence-corrected chi connectivity index (χ1v) is 10.2. The molecule has 2 aromatic carbocycles.